The lowest BCUT2D eigenvalue weighted by molar-refractivity contribution is -0.119. The molecule has 0 spiro atoms. The van der Waals surface area contributed by atoms with Crippen LogP contribution in [0.2, 0.25) is 5.02 Å². The zero-order valence-corrected chi connectivity index (χ0v) is 16.0. The molecular weight excluding hydrogens is 372 g/mol. The molecule has 0 heterocycles. The minimum Gasteiger partial charge on any atom is -0.326 e. The Bertz CT molecular complexity index is 905. The van der Waals surface area contributed by atoms with E-state index in [2.05, 4.69) is 10.0 Å². The maximum atomic E-state index is 12.7. The van der Waals surface area contributed by atoms with Crippen molar-refractivity contribution in [2.75, 3.05) is 10.0 Å². The summed E-state index contributed by atoms with van der Waals surface area (Å²) in [5.74, 6) is -0.0242. The van der Waals surface area contributed by atoms with Crippen LogP contribution in [0, 0.1) is 12.8 Å². The third-order valence-electron chi connectivity index (χ3n) is 4.57. The number of anilines is 2. The predicted molar refractivity (Wildman–Crippen MR) is 104 cm³/mol. The molecule has 0 radical (unpaired) electrons. The average Bonchev–Trinajstić information content (AvgIpc) is 3.13. The van der Waals surface area contributed by atoms with E-state index in [4.69, 9.17) is 11.6 Å². The van der Waals surface area contributed by atoms with Crippen LogP contribution in [-0.4, -0.2) is 14.3 Å². The number of rotatable bonds is 5. The minimum atomic E-state index is -3.78. The lowest BCUT2D eigenvalue weighted by Gasteiger charge is -2.14. The van der Waals surface area contributed by atoms with Crippen LogP contribution in [0.25, 0.3) is 0 Å². The molecule has 2 N–H and O–H groups in total. The molecule has 138 valence electrons. The second-order valence-corrected chi connectivity index (χ2v) is 8.65. The molecule has 0 aromatic heterocycles. The number of halogens is 1. The molecule has 0 bridgehead atoms. The third-order valence-corrected chi connectivity index (χ3v) is 6.34. The summed E-state index contributed by atoms with van der Waals surface area (Å²) in [6, 6.07) is 11.3. The number of aryl methyl sites for hydroxylation is 1. The zero-order valence-electron chi connectivity index (χ0n) is 14.5. The minimum absolute atomic E-state index is 0.0172. The van der Waals surface area contributed by atoms with Gasteiger partial charge in [0.25, 0.3) is 10.0 Å². The van der Waals surface area contributed by atoms with Gasteiger partial charge in [-0.15, -0.1) is 0 Å². The Balaban J connectivity index is 1.81. The summed E-state index contributed by atoms with van der Waals surface area (Å²) in [4.78, 5) is 12.4. The van der Waals surface area contributed by atoms with Gasteiger partial charge in [0.15, 0.2) is 0 Å². The Labute approximate surface area is 158 Å². The summed E-state index contributed by atoms with van der Waals surface area (Å²) >= 11 is 5.83. The number of carbonyl (C=O) groups is 1. The first kappa shape index (κ1) is 18.7. The quantitative estimate of drug-likeness (QED) is 0.782. The molecule has 7 heteroatoms. The van der Waals surface area contributed by atoms with Crippen LogP contribution >= 0.6 is 11.6 Å². The van der Waals surface area contributed by atoms with Crippen LogP contribution in [0.1, 0.15) is 31.2 Å². The number of carbonyl (C=O) groups excluding carboxylic acids is 1. The molecule has 0 atom stereocenters. The molecule has 26 heavy (non-hydrogen) atoms. The first-order chi connectivity index (χ1) is 12.3. The summed E-state index contributed by atoms with van der Waals surface area (Å²) in [6.45, 7) is 1.72. The van der Waals surface area contributed by atoms with Crippen molar-refractivity contribution >= 4 is 38.9 Å². The first-order valence-corrected chi connectivity index (χ1v) is 10.4. The fraction of sp³-hybridized carbons (Fsp3) is 0.316. The van der Waals surface area contributed by atoms with E-state index in [9.17, 15) is 13.2 Å². The summed E-state index contributed by atoms with van der Waals surface area (Å²) in [5, 5.41) is 3.37. The van der Waals surface area contributed by atoms with E-state index >= 15 is 0 Å². The highest BCUT2D eigenvalue weighted by atomic mass is 35.5. The van der Waals surface area contributed by atoms with Gasteiger partial charge in [0.1, 0.15) is 0 Å². The summed E-state index contributed by atoms with van der Waals surface area (Å²) in [6.07, 6.45) is 3.91. The molecule has 1 saturated carbocycles. The SMILES string of the molecule is Cc1ccc(NC(=O)C2CCCC2)cc1S(=O)(=O)Nc1ccc(Cl)cc1. The molecular formula is C19H21ClN2O3S. The zero-order chi connectivity index (χ0) is 18.7. The number of sulfonamides is 1. The summed E-state index contributed by atoms with van der Waals surface area (Å²) in [7, 11) is -3.78. The molecule has 5 nitrogen and oxygen atoms in total. The van der Waals surface area contributed by atoms with E-state index in [0.29, 0.717) is 22.0 Å². The fourth-order valence-electron chi connectivity index (χ4n) is 3.13. The lowest BCUT2D eigenvalue weighted by Crippen LogP contribution is -2.21. The third kappa shape index (κ3) is 4.37. The van der Waals surface area contributed by atoms with Crippen LogP contribution in [-0.2, 0) is 14.8 Å². The van der Waals surface area contributed by atoms with Crippen molar-refractivity contribution in [3.8, 4) is 0 Å². The molecule has 2 aromatic carbocycles. The molecule has 1 amide bonds. The van der Waals surface area contributed by atoms with E-state index in [1.807, 2.05) is 0 Å². The van der Waals surface area contributed by atoms with Gasteiger partial charge in [-0.2, -0.15) is 0 Å². The molecule has 3 rings (SSSR count). The normalized spacial score (nSPS) is 15.0. The van der Waals surface area contributed by atoms with Gasteiger partial charge in [0.2, 0.25) is 5.91 Å². The molecule has 0 aliphatic heterocycles. The Kier molecular flexibility index (Phi) is 5.53. The van der Waals surface area contributed by atoms with Crippen LogP contribution < -0.4 is 10.0 Å². The van der Waals surface area contributed by atoms with Crippen LogP contribution in [0.15, 0.2) is 47.4 Å². The predicted octanol–water partition coefficient (Wildman–Crippen LogP) is 4.58. The molecule has 1 aliphatic rings. The summed E-state index contributed by atoms with van der Waals surface area (Å²) < 4.78 is 28.0. The second-order valence-electron chi connectivity index (χ2n) is 6.56. The Morgan fingerprint density at radius 1 is 1.04 bits per heavy atom. The van der Waals surface area contributed by atoms with Crippen molar-refractivity contribution in [1.82, 2.24) is 0 Å². The van der Waals surface area contributed by atoms with E-state index in [0.717, 1.165) is 25.7 Å². The van der Waals surface area contributed by atoms with Crippen molar-refractivity contribution < 1.29 is 13.2 Å². The van der Waals surface area contributed by atoms with Gasteiger partial charge in [-0.3, -0.25) is 9.52 Å². The van der Waals surface area contributed by atoms with Gasteiger partial charge in [-0.05, 0) is 61.7 Å². The smallest absolute Gasteiger partial charge is 0.262 e. The van der Waals surface area contributed by atoms with Gasteiger partial charge in [0.05, 0.1) is 4.90 Å². The maximum Gasteiger partial charge on any atom is 0.262 e. The number of benzene rings is 2. The van der Waals surface area contributed by atoms with E-state index in [1.165, 1.54) is 6.07 Å². The van der Waals surface area contributed by atoms with Crippen LogP contribution in [0.5, 0.6) is 0 Å². The van der Waals surface area contributed by atoms with Gasteiger partial charge >= 0.3 is 0 Å². The number of hydrogen-bond acceptors (Lipinski definition) is 3. The van der Waals surface area contributed by atoms with Gasteiger partial charge < -0.3 is 5.32 Å². The fourth-order valence-corrected chi connectivity index (χ4v) is 4.58. The van der Waals surface area contributed by atoms with Crippen LogP contribution in [0.4, 0.5) is 11.4 Å². The van der Waals surface area contributed by atoms with Gasteiger partial charge in [-0.1, -0.05) is 30.5 Å². The largest absolute Gasteiger partial charge is 0.326 e. The van der Waals surface area contributed by atoms with Crippen molar-refractivity contribution in [1.29, 1.82) is 0 Å². The highest BCUT2D eigenvalue weighted by Crippen LogP contribution is 2.28. The molecule has 0 unspecified atom stereocenters. The standard InChI is InChI=1S/C19H21ClN2O3S/c1-13-6-9-17(21-19(23)14-4-2-3-5-14)12-18(13)26(24,25)22-16-10-7-15(20)8-11-16/h6-12,14,22H,2-5H2,1H3,(H,21,23). The number of nitrogens with one attached hydrogen (secondary N) is 2. The van der Waals surface area contributed by atoms with Crippen molar-refractivity contribution in [2.24, 2.45) is 5.92 Å². The van der Waals surface area contributed by atoms with E-state index < -0.39 is 10.0 Å². The van der Waals surface area contributed by atoms with Crippen molar-refractivity contribution in [3.05, 3.63) is 53.1 Å². The number of amides is 1. The molecule has 1 fully saturated rings. The monoisotopic (exact) mass is 392 g/mol. The topological polar surface area (TPSA) is 75.3 Å². The average molecular weight is 393 g/mol. The highest BCUT2D eigenvalue weighted by molar-refractivity contribution is 7.92. The summed E-state index contributed by atoms with van der Waals surface area (Å²) in [5.41, 5.74) is 1.52. The Morgan fingerprint density at radius 3 is 2.31 bits per heavy atom. The van der Waals surface area contributed by atoms with Crippen molar-refractivity contribution in [2.45, 2.75) is 37.5 Å². The van der Waals surface area contributed by atoms with Crippen molar-refractivity contribution in [3.63, 3.8) is 0 Å². The van der Waals surface area contributed by atoms with Gasteiger partial charge in [0, 0.05) is 22.3 Å². The van der Waals surface area contributed by atoms with E-state index in [1.54, 1.807) is 43.3 Å². The molecule has 1 aliphatic carbocycles. The lowest BCUT2D eigenvalue weighted by atomic mass is 10.1. The number of hydrogen-bond donors (Lipinski definition) is 2. The van der Waals surface area contributed by atoms with Gasteiger partial charge in [-0.25, -0.2) is 8.42 Å². The maximum absolute atomic E-state index is 12.7. The Hall–Kier alpha value is -2.05. The first-order valence-electron chi connectivity index (χ1n) is 8.55. The molecule has 0 saturated heterocycles. The molecule has 2 aromatic rings. The second kappa shape index (κ2) is 7.68. The Morgan fingerprint density at radius 2 is 1.65 bits per heavy atom. The highest BCUT2D eigenvalue weighted by Gasteiger charge is 2.23. The van der Waals surface area contributed by atoms with Crippen LogP contribution in [0.3, 0.4) is 0 Å². The van der Waals surface area contributed by atoms with E-state index in [-0.39, 0.29) is 16.7 Å².